The monoisotopic (exact) mass is 341 g/mol. The van der Waals surface area contributed by atoms with Gasteiger partial charge in [0.1, 0.15) is 0 Å². The molecular weight excluding hydrogens is 317 g/mol. The van der Waals surface area contributed by atoms with Crippen LogP contribution in [0.15, 0.2) is 43.1 Å². The largest absolute Gasteiger partial charge is 0.361 e. The number of allylic oxidation sites excluding steroid dienone is 1. The molecule has 2 N–H and O–H groups in total. The highest BCUT2D eigenvalue weighted by Gasteiger charge is 2.23. The number of piperazine rings is 1. The number of benzene rings is 1. The van der Waals surface area contributed by atoms with Crippen molar-refractivity contribution in [1.29, 1.82) is 0 Å². The van der Waals surface area contributed by atoms with E-state index in [-0.39, 0.29) is 24.8 Å². The van der Waals surface area contributed by atoms with E-state index < -0.39 is 0 Å². The number of halogens is 2. The van der Waals surface area contributed by atoms with Gasteiger partial charge in [0.15, 0.2) is 0 Å². The van der Waals surface area contributed by atoms with Gasteiger partial charge >= 0.3 is 0 Å². The molecule has 3 nitrogen and oxygen atoms in total. The highest BCUT2D eigenvalue weighted by molar-refractivity contribution is 5.85. The Bertz CT molecular complexity index is 576. The molecule has 3 rings (SSSR count). The minimum atomic E-state index is 0. The van der Waals surface area contributed by atoms with Crippen molar-refractivity contribution in [2.45, 2.75) is 18.9 Å². The molecule has 0 radical (unpaired) electrons. The summed E-state index contributed by atoms with van der Waals surface area (Å²) in [6.07, 6.45) is 6.28. The third-order valence-electron chi connectivity index (χ3n) is 4.22. The maximum Gasteiger partial charge on any atom is 0.0457 e. The predicted molar refractivity (Wildman–Crippen MR) is 99.4 cm³/mol. The van der Waals surface area contributed by atoms with Crippen LogP contribution in [0.1, 0.15) is 24.4 Å². The number of rotatable bonds is 5. The van der Waals surface area contributed by atoms with Gasteiger partial charge in [-0.1, -0.05) is 18.2 Å². The molecule has 1 fully saturated rings. The molecule has 0 saturated carbocycles. The Kier molecular flexibility index (Phi) is 7.97. The molecule has 0 spiro atoms. The molecule has 0 bridgehead atoms. The number of nitrogens with zero attached hydrogens (tertiary/aromatic N) is 1. The van der Waals surface area contributed by atoms with E-state index in [4.69, 9.17) is 0 Å². The van der Waals surface area contributed by atoms with Crippen molar-refractivity contribution in [3.05, 3.63) is 48.7 Å². The van der Waals surface area contributed by atoms with Gasteiger partial charge in [-0.25, -0.2) is 0 Å². The van der Waals surface area contributed by atoms with Gasteiger partial charge in [-0.2, -0.15) is 0 Å². The van der Waals surface area contributed by atoms with Crippen molar-refractivity contribution < 1.29 is 0 Å². The first-order chi connectivity index (χ1) is 9.90. The fourth-order valence-corrected chi connectivity index (χ4v) is 3.20. The summed E-state index contributed by atoms with van der Waals surface area (Å²) in [7, 11) is 0. The number of H-pyrrole nitrogens is 1. The molecule has 1 aliphatic heterocycles. The lowest BCUT2D eigenvalue weighted by atomic mass is 9.96. The second-order valence-electron chi connectivity index (χ2n) is 5.45. The van der Waals surface area contributed by atoms with Crippen LogP contribution in [0, 0.1) is 0 Å². The van der Waals surface area contributed by atoms with Crippen LogP contribution in [0.2, 0.25) is 0 Å². The van der Waals surface area contributed by atoms with Crippen molar-refractivity contribution in [3.63, 3.8) is 0 Å². The molecule has 22 heavy (non-hydrogen) atoms. The van der Waals surface area contributed by atoms with Gasteiger partial charge < -0.3 is 10.3 Å². The van der Waals surface area contributed by atoms with E-state index >= 15 is 0 Å². The van der Waals surface area contributed by atoms with E-state index in [0.29, 0.717) is 6.04 Å². The molecule has 1 aromatic carbocycles. The SMILES string of the molecule is C=CCC[C@@H](c1cccc2[nH]ccc12)N1CCNCC1.Cl.Cl. The maximum atomic E-state index is 3.89. The van der Waals surface area contributed by atoms with Gasteiger partial charge in [0.25, 0.3) is 0 Å². The summed E-state index contributed by atoms with van der Waals surface area (Å²) in [4.78, 5) is 5.94. The third kappa shape index (κ3) is 4.05. The lowest BCUT2D eigenvalue weighted by Crippen LogP contribution is -2.45. The van der Waals surface area contributed by atoms with E-state index in [0.717, 1.165) is 39.0 Å². The first-order valence-electron chi connectivity index (χ1n) is 7.52. The Morgan fingerprint density at radius 2 is 1.95 bits per heavy atom. The molecule has 1 aliphatic rings. The summed E-state index contributed by atoms with van der Waals surface area (Å²) in [5, 5.41) is 4.80. The van der Waals surface area contributed by atoms with Crippen LogP contribution >= 0.6 is 24.8 Å². The average molecular weight is 342 g/mol. The molecule has 1 atom stereocenters. The zero-order chi connectivity index (χ0) is 13.8. The van der Waals surface area contributed by atoms with Crippen LogP contribution in [0.4, 0.5) is 0 Å². The lowest BCUT2D eigenvalue weighted by Gasteiger charge is -2.35. The second kappa shape index (κ2) is 9.21. The van der Waals surface area contributed by atoms with Crippen molar-refractivity contribution in [1.82, 2.24) is 15.2 Å². The molecule has 2 aromatic rings. The number of nitrogens with one attached hydrogen (secondary N) is 2. The normalized spacial score (nSPS) is 16.5. The molecule has 0 amide bonds. The van der Waals surface area contributed by atoms with E-state index in [9.17, 15) is 0 Å². The lowest BCUT2D eigenvalue weighted by molar-refractivity contribution is 0.167. The maximum absolute atomic E-state index is 3.89. The summed E-state index contributed by atoms with van der Waals surface area (Å²) in [6.45, 7) is 8.32. The van der Waals surface area contributed by atoms with Crippen LogP contribution in [0.3, 0.4) is 0 Å². The van der Waals surface area contributed by atoms with E-state index in [1.807, 2.05) is 12.3 Å². The molecule has 1 aromatic heterocycles. The van der Waals surface area contributed by atoms with Gasteiger partial charge in [-0.05, 0) is 30.5 Å². The number of hydrogen-bond acceptors (Lipinski definition) is 2. The number of aromatic nitrogens is 1. The van der Waals surface area contributed by atoms with Crippen molar-refractivity contribution in [3.8, 4) is 0 Å². The number of aromatic amines is 1. The molecule has 0 unspecified atom stereocenters. The zero-order valence-corrected chi connectivity index (χ0v) is 14.4. The Labute approximate surface area is 145 Å². The predicted octanol–water partition coefficient (Wildman–Crippen LogP) is 3.92. The summed E-state index contributed by atoms with van der Waals surface area (Å²) in [6, 6.07) is 9.30. The Morgan fingerprint density at radius 1 is 1.18 bits per heavy atom. The first-order valence-corrected chi connectivity index (χ1v) is 7.52. The van der Waals surface area contributed by atoms with Crippen molar-refractivity contribution in [2.75, 3.05) is 26.2 Å². The van der Waals surface area contributed by atoms with Crippen LogP contribution in [0.25, 0.3) is 10.9 Å². The summed E-state index contributed by atoms with van der Waals surface area (Å²) >= 11 is 0. The van der Waals surface area contributed by atoms with E-state index in [2.05, 4.69) is 46.0 Å². The zero-order valence-electron chi connectivity index (χ0n) is 12.8. The smallest absolute Gasteiger partial charge is 0.0457 e. The molecular formula is C17H25Cl2N3. The third-order valence-corrected chi connectivity index (χ3v) is 4.22. The molecule has 122 valence electrons. The molecule has 1 saturated heterocycles. The van der Waals surface area contributed by atoms with Crippen LogP contribution in [-0.4, -0.2) is 36.1 Å². The fraction of sp³-hybridized carbons (Fsp3) is 0.412. The van der Waals surface area contributed by atoms with Gasteiger partial charge in [0.2, 0.25) is 0 Å². The summed E-state index contributed by atoms with van der Waals surface area (Å²) in [5.41, 5.74) is 2.69. The topological polar surface area (TPSA) is 31.1 Å². The number of fused-ring (bicyclic) bond motifs is 1. The summed E-state index contributed by atoms with van der Waals surface area (Å²) < 4.78 is 0. The highest BCUT2D eigenvalue weighted by atomic mass is 35.5. The van der Waals surface area contributed by atoms with Gasteiger partial charge in [0.05, 0.1) is 0 Å². The first kappa shape index (κ1) is 19.0. The van der Waals surface area contributed by atoms with Crippen molar-refractivity contribution >= 4 is 35.7 Å². The quantitative estimate of drug-likeness (QED) is 0.807. The van der Waals surface area contributed by atoms with Gasteiger partial charge in [0, 0.05) is 49.3 Å². The van der Waals surface area contributed by atoms with Crippen molar-refractivity contribution in [2.24, 2.45) is 0 Å². The molecule has 0 aliphatic carbocycles. The van der Waals surface area contributed by atoms with Crippen LogP contribution in [0.5, 0.6) is 0 Å². The Hall–Kier alpha value is -1.00. The average Bonchev–Trinajstić information content (AvgIpc) is 2.98. The highest BCUT2D eigenvalue weighted by Crippen LogP contribution is 2.31. The van der Waals surface area contributed by atoms with Crippen LogP contribution < -0.4 is 5.32 Å². The minimum Gasteiger partial charge on any atom is -0.361 e. The Morgan fingerprint density at radius 3 is 2.68 bits per heavy atom. The van der Waals surface area contributed by atoms with E-state index in [1.54, 1.807) is 0 Å². The van der Waals surface area contributed by atoms with E-state index in [1.165, 1.54) is 16.5 Å². The fourth-order valence-electron chi connectivity index (χ4n) is 3.20. The summed E-state index contributed by atoms with van der Waals surface area (Å²) in [5.74, 6) is 0. The van der Waals surface area contributed by atoms with Gasteiger partial charge in [-0.3, -0.25) is 4.90 Å². The van der Waals surface area contributed by atoms with Gasteiger partial charge in [-0.15, -0.1) is 31.4 Å². The molecule has 5 heteroatoms. The number of hydrogen-bond donors (Lipinski definition) is 2. The Balaban J connectivity index is 0.00000121. The van der Waals surface area contributed by atoms with Crippen LogP contribution in [-0.2, 0) is 0 Å². The second-order valence-corrected chi connectivity index (χ2v) is 5.45. The standard InChI is InChI=1S/C17H23N3.2ClH/c1-2-3-7-17(20-12-10-18-11-13-20)15-5-4-6-16-14(15)8-9-19-16;;/h2,4-6,8-9,17-19H,1,3,7,10-13H2;2*1H/t17-;;/m0../s1. The minimum absolute atomic E-state index is 0. The molecule has 2 heterocycles.